The molecule has 4 heterocycles. The van der Waals surface area contributed by atoms with Crippen LogP contribution in [0.15, 0.2) is 54.7 Å². The molecular weight excluding hydrogens is 421 g/mol. The van der Waals surface area contributed by atoms with Crippen LogP contribution in [0.5, 0.6) is 17.2 Å². The van der Waals surface area contributed by atoms with Gasteiger partial charge in [-0.1, -0.05) is 18.2 Å². The van der Waals surface area contributed by atoms with Crippen LogP contribution >= 0.6 is 0 Å². The van der Waals surface area contributed by atoms with E-state index in [2.05, 4.69) is 4.98 Å². The second-order valence-corrected chi connectivity index (χ2v) is 8.23. The van der Waals surface area contributed by atoms with Crippen LogP contribution in [0, 0.1) is 0 Å². The zero-order valence-electron chi connectivity index (χ0n) is 17.0. The number of ether oxygens (including phenoxy) is 3. The Hall–Kier alpha value is -3.42. The Morgan fingerprint density at radius 1 is 0.906 bits per heavy atom. The molecule has 164 valence electrons. The van der Waals surface area contributed by atoms with Crippen molar-refractivity contribution < 1.29 is 27.4 Å². The zero-order chi connectivity index (χ0) is 21.9. The van der Waals surface area contributed by atoms with Crippen LogP contribution in [0.2, 0.25) is 0 Å². The number of rotatable bonds is 2. The van der Waals surface area contributed by atoms with Gasteiger partial charge >= 0.3 is 6.18 Å². The highest BCUT2D eigenvalue weighted by atomic mass is 19.4. The van der Waals surface area contributed by atoms with Crippen LogP contribution in [0.4, 0.5) is 18.9 Å². The SMILES string of the molecule is FC(F)(F)c1cccnc1CN1C[C@]2(COc3cc4c(cc32)OCCO4)c2ccccc21. The molecule has 1 atom stereocenters. The van der Waals surface area contributed by atoms with Crippen LogP contribution < -0.4 is 19.1 Å². The molecule has 5 nitrogen and oxygen atoms in total. The van der Waals surface area contributed by atoms with Gasteiger partial charge in [-0.05, 0) is 29.8 Å². The first-order chi connectivity index (χ1) is 15.5. The molecule has 8 heteroatoms. The number of halogens is 3. The van der Waals surface area contributed by atoms with Crippen LogP contribution in [0.25, 0.3) is 0 Å². The lowest BCUT2D eigenvalue weighted by Crippen LogP contribution is -2.36. The van der Waals surface area contributed by atoms with Gasteiger partial charge in [0.25, 0.3) is 0 Å². The van der Waals surface area contributed by atoms with Crippen molar-refractivity contribution in [3.63, 3.8) is 0 Å². The molecule has 32 heavy (non-hydrogen) atoms. The summed E-state index contributed by atoms with van der Waals surface area (Å²) in [7, 11) is 0. The van der Waals surface area contributed by atoms with E-state index >= 15 is 0 Å². The smallest absolute Gasteiger partial charge is 0.418 e. The van der Waals surface area contributed by atoms with Crippen LogP contribution in [0.3, 0.4) is 0 Å². The maximum absolute atomic E-state index is 13.6. The molecule has 0 amide bonds. The van der Waals surface area contributed by atoms with Crippen molar-refractivity contribution in [2.45, 2.75) is 18.1 Å². The van der Waals surface area contributed by atoms with E-state index in [-0.39, 0.29) is 12.2 Å². The summed E-state index contributed by atoms with van der Waals surface area (Å²) in [5.74, 6) is 2.04. The number of pyridine rings is 1. The predicted octanol–water partition coefficient (Wildman–Crippen LogP) is 4.57. The van der Waals surface area contributed by atoms with Gasteiger partial charge in [0.05, 0.1) is 23.2 Å². The number of hydrogen-bond acceptors (Lipinski definition) is 5. The van der Waals surface area contributed by atoms with E-state index in [0.29, 0.717) is 37.9 Å². The normalized spacial score (nSPS) is 20.8. The molecule has 0 saturated heterocycles. The third-order valence-corrected chi connectivity index (χ3v) is 6.39. The van der Waals surface area contributed by atoms with Gasteiger partial charge in [0.1, 0.15) is 25.6 Å². The first-order valence-corrected chi connectivity index (χ1v) is 10.4. The Labute approximate surface area is 182 Å². The molecule has 6 rings (SSSR count). The van der Waals surface area contributed by atoms with Crippen LogP contribution in [0.1, 0.15) is 22.4 Å². The quantitative estimate of drug-likeness (QED) is 0.584. The molecule has 0 unspecified atom stereocenters. The molecular formula is C24H19F3N2O3. The van der Waals surface area contributed by atoms with Gasteiger partial charge in [0, 0.05) is 30.1 Å². The van der Waals surface area contributed by atoms with Gasteiger partial charge in [0.15, 0.2) is 11.5 Å². The van der Waals surface area contributed by atoms with E-state index in [1.165, 1.54) is 12.3 Å². The molecule has 1 spiro atoms. The fourth-order valence-corrected chi connectivity index (χ4v) is 4.99. The molecule has 2 aromatic carbocycles. The van der Waals surface area contributed by atoms with Crippen molar-refractivity contribution in [1.82, 2.24) is 4.98 Å². The van der Waals surface area contributed by atoms with Crippen molar-refractivity contribution in [2.24, 2.45) is 0 Å². The second kappa shape index (κ2) is 6.79. The summed E-state index contributed by atoms with van der Waals surface area (Å²) in [6, 6.07) is 14.0. The maximum Gasteiger partial charge on any atom is 0.418 e. The van der Waals surface area contributed by atoms with Gasteiger partial charge in [-0.25, -0.2) is 0 Å². The monoisotopic (exact) mass is 440 g/mol. The second-order valence-electron chi connectivity index (χ2n) is 8.23. The van der Waals surface area contributed by atoms with Crippen molar-refractivity contribution in [3.8, 4) is 17.2 Å². The highest BCUT2D eigenvalue weighted by Gasteiger charge is 2.50. The third kappa shape index (κ3) is 2.82. The number of hydrogen-bond donors (Lipinski definition) is 0. The first kappa shape index (κ1) is 19.3. The minimum absolute atomic E-state index is 0.00756. The molecule has 0 saturated carbocycles. The number of alkyl halides is 3. The molecule has 3 aromatic rings. The Bertz CT molecular complexity index is 1210. The summed E-state index contributed by atoms with van der Waals surface area (Å²) >= 11 is 0. The minimum atomic E-state index is -4.46. The lowest BCUT2D eigenvalue weighted by Gasteiger charge is -2.26. The highest BCUT2D eigenvalue weighted by molar-refractivity contribution is 5.70. The van der Waals surface area contributed by atoms with Crippen molar-refractivity contribution >= 4 is 5.69 Å². The van der Waals surface area contributed by atoms with E-state index in [1.54, 1.807) is 0 Å². The van der Waals surface area contributed by atoms with Gasteiger partial charge in [-0.15, -0.1) is 0 Å². The fraction of sp³-hybridized carbons (Fsp3) is 0.292. The van der Waals surface area contributed by atoms with E-state index in [9.17, 15) is 13.2 Å². The molecule has 0 aliphatic carbocycles. The molecule has 3 aliphatic heterocycles. The van der Waals surface area contributed by atoms with Crippen molar-refractivity contribution in [3.05, 3.63) is 77.1 Å². The average Bonchev–Trinajstić information content (AvgIpc) is 3.30. The van der Waals surface area contributed by atoms with E-state index < -0.39 is 17.2 Å². The number of para-hydroxylation sites is 1. The Morgan fingerprint density at radius 3 is 2.50 bits per heavy atom. The fourth-order valence-electron chi connectivity index (χ4n) is 4.99. The zero-order valence-corrected chi connectivity index (χ0v) is 17.0. The molecule has 3 aliphatic rings. The van der Waals surface area contributed by atoms with Gasteiger partial charge in [0.2, 0.25) is 0 Å². The Balaban J connectivity index is 1.43. The van der Waals surface area contributed by atoms with E-state index in [0.717, 1.165) is 28.6 Å². The molecule has 0 fully saturated rings. The largest absolute Gasteiger partial charge is 0.492 e. The van der Waals surface area contributed by atoms with E-state index in [4.69, 9.17) is 14.2 Å². The molecule has 1 aromatic heterocycles. The number of nitrogens with zero attached hydrogens (tertiary/aromatic N) is 2. The number of anilines is 1. The van der Waals surface area contributed by atoms with Crippen molar-refractivity contribution in [2.75, 3.05) is 31.3 Å². The summed E-state index contributed by atoms with van der Waals surface area (Å²) in [5, 5.41) is 0. The topological polar surface area (TPSA) is 43.8 Å². The summed E-state index contributed by atoms with van der Waals surface area (Å²) in [6.45, 7) is 1.88. The van der Waals surface area contributed by atoms with Crippen LogP contribution in [-0.4, -0.2) is 31.3 Å². The standard InChI is InChI=1S/C24H19F3N2O3/c25-24(26,27)15-5-3-7-28-18(15)12-29-13-23(16-4-1-2-6-19(16)29)14-32-20-11-22-21(10-17(20)23)30-8-9-31-22/h1-7,10-11H,8-9,12-14H2/t23-/m0/s1. The molecule has 0 N–H and O–H groups in total. The summed E-state index contributed by atoms with van der Waals surface area (Å²) in [4.78, 5) is 6.03. The third-order valence-electron chi connectivity index (χ3n) is 6.39. The summed E-state index contributed by atoms with van der Waals surface area (Å²) in [5.41, 5.74) is 1.68. The predicted molar refractivity (Wildman–Crippen MR) is 110 cm³/mol. The summed E-state index contributed by atoms with van der Waals surface area (Å²) in [6.07, 6.45) is -3.06. The number of aromatic nitrogens is 1. The molecule has 0 radical (unpaired) electrons. The number of fused-ring (bicyclic) bond motifs is 5. The Kier molecular flexibility index (Phi) is 4.09. The lowest BCUT2D eigenvalue weighted by molar-refractivity contribution is -0.138. The minimum Gasteiger partial charge on any atom is -0.492 e. The molecule has 0 bridgehead atoms. The van der Waals surface area contributed by atoms with Gasteiger partial charge < -0.3 is 19.1 Å². The van der Waals surface area contributed by atoms with Gasteiger partial charge in [-0.2, -0.15) is 13.2 Å². The van der Waals surface area contributed by atoms with E-state index in [1.807, 2.05) is 41.3 Å². The average molecular weight is 440 g/mol. The highest BCUT2D eigenvalue weighted by Crippen LogP contribution is 2.54. The van der Waals surface area contributed by atoms with Gasteiger partial charge in [-0.3, -0.25) is 4.98 Å². The first-order valence-electron chi connectivity index (χ1n) is 10.4. The Morgan fingerprint density at radius 2 is 1.69 bits per heavy atom. The van der Waals surface area contributed by atoms with Crippen LogP contribution in [-0.2, 0) is 18.1 Å². The maximum atomic E-state index is 13.6. The summed E-state index contributed by atoms with van der Waals surface area (Å²) < 4.78 is 58.2. The van der Waals surface area contributed by atoms with Crippen molar-refractivity contribution in [1.29, 1.82) is 0 Å². The lowest BCUT2D eigenvalue weighted by atomic mass is 9.77. The number of benzene rings is 2.